The van der Waals surface area contributed by atoms with Gasteiger partial charge in [0.05, 0.1) is 26.2 Å². The van der Waals surface area contributed by atoms with Crippen molar-refractivity contribution in [2.45, 2.75) is 32.9 Å². The number of ether oxygens (including phenoxy) is 2. The van der Waals surface area contributed by atoms with Crippen molar-refractivity contribution in [2.75, 3.05) is 37.9 Å². The van der Waals surface area contributed by atoms with E-state index in [4.69, 9.17) is 9.47 Å². The summed E-state index contributed by atoms with van der Waals surface area (Å²) in [5, 5.41) is 2.84. The van der Waals surface area contributed by atoms with Gasteiger partial charge in [0.25, 0.3) is 0 Å². The number of amides is 2. The maximum atomic E-state index is 14.1. The van der Waals surface area contributed by atoms with Crippen LogP contribution in [0.4, 0.5) is 5.69 Å². The first-order valence-electron chi connectivity index (χ1n) is 12.9. The van der Waals surface area contributed by atoms with E-state index in [2.05, 4.69) is 5.32 Å². The van der Waals surface area contributed by atoms with Gasteiger partial charge in [0.15, 0.2) is 0 Å². The minimum absolute atomic E-state index is 0.116. The van der Waals surface area contributed by atoms with Gasteiger partial charge >= 0.3 is 0 Å². The van der Waals surface area contributed by atoms with Crippen LogP contribution in [0.2, 0.25) is 0 Å². The van der Waals surface area contributed by atoms with Crippen molar-refractivity contribution >= 4 is 27.5 Å². The highest BCUT2D eigenvalue weighted by Crippen LogP contribution is 2.33. The SMILES string of the molecule is CCNC(=O)[C@H](Cc1ccccc1)N(Cc1ccc(C)cc1)C(=O)CN(c1ccc(OC)cc1OC)S(C)(=O)=O. The molecule has 3 aromatic rings. The first-order valence-corrected chi connectivity index (χ1v) is 14.8. The van der Waals surface area contributed by atoms with Crippen LogP contribution < -0.4 is 19.1 Å². The third-order valence-corrected chi connectivity index (χ3v) is 7.56. The van der Waals surface area contributed by atoms with Crippen molar-refractivity contribution in [3.63, 3.8) is 0 Å². The summed E-state index contributed by atoms with van der Waals surface area (Å²) in [6, 6.07) is 20.9. The molecule has 2 amide bonds. The molecule has 0 aromatic heterocycles. The van der Waals surface area contributed by atoms with E-state index in [1.54, 1.807) is 12.1 Å². The molecule has 0 radical (unpaired) electrons. The number of methoxy groups -OCH3 is 2. The molecule has 0 fully saturated rings. The third-order valence-electron chi connectivity index (χ3n) is 6.43. The number of nitrogens with zero attached hydrogens (tertiary/aromatic N) is 2. The van der Waals surface area contributed by atoms with Gasteiger partial charge in [-0.2, -0.15) is 0 Å². The van der Waals surface area contributed by atoms with E-state index in [0.29, 0.717) is 12.3 Å². The van der Waals surface area contributed by atoms with Crippen LogP contribution in [0.3, 0.4) is 0 Å². The molecule has 0 saturated heterocycles. The molecule has 10 heteroatoms. The zero-order valence-corrected chi connectivity index (χ0v) is 24.4. The molecule has 0 spiro atoms. The van der Waals surface area contributed by atoms with Crippen molar-refractivity contribution < 1.29 is 27.5 Å². The number of rotatable bonds is 13. The minimum Gasteiger partial charge on any atom is -0.497 e. The summed E-state index contributed by atoms with van der Waals surface area (Å²) in [5.74, 6) is -0.149. The van der Waals surface area contributed by atoms with Crippen LogP contribution >= 0.6 is 0 Å². The fourth-order valence-corrected chi connectivity index (χ4v) is 5.17. The molecule has 9 nitrogen and oxygen atoms in total. The molecule has 40 heavy (non-hydrogen) atoms. The van der Waals surface area contributed by atoms with Crippen LogP contribution in [0.5, 0.6) is 11.5 Å². The molecular formula is C30H37N3O6S. The summed E-state index contributed by atoms with van der Waals surface area (Å²) in [6.07, 6.45) is 1.29. The Bertz CT molecular complexity index is 1390. The standard InChI is InChI=1S/C30H37N3O6S/c1-6-31-30(35)27(18-23-10-8-7-9-11-23)32(20-24-14-12-22(2)13-15-24)29(34)21-33(40(5,36)37)26-17-16-25(38-3)19-28(26)39-4/h7-17,19,27H,6,18,20-21H2,1-5H3,(H,31,35)/t27-/m0/s1. The maximum absolute atomic E-state index is 14.1. The molecular weight excluding hydrogens is 530 g/mol. The van der Waals surface area contributed by atoms with Gasteiger partial charge in [0, 0.05) is 25.6 Å². The molecule has 3 rings (SSSR count). The van der Waals surface area contributed by atoms with Crippen LogP contribution in [0.15, 0.2) is 72.8 Å². The van der Waals surface area contributed by atoms with Crippen LogP contribution in [0.1, 0.15) is 23.6 Å². The van der Waals surface area contributed by atoms with Gasteiger partial charge < -0.3 is 19.7 Å². The Balaban J connectivity index is 2.07. The Morgan fingerprint density at radius 1 is 0.925 bits per heavy atom. The lowest BCUT2D eigenvalue weighted by Gasteiger charge is -2.33. The van der Waals surface area contributed by atoms with Crippen molar-refractivity contribution in [3.8, 4) is 11.5 Å². The molecule has 0 aliphatic carbocycles. The van der Waals surface area contributed by atoms with Gasteiger partial charge in [-0.05, 0) is 37.1 Å². The van der Waals surface area contributed by atoms with E-state index in [0.717, 1.165) is 27.3 Å². The number of anilines is 1. The zero-order valence-electron chi connectivity index (χ0n) is 23.6. The Kier molecular flexibility index (Phi) is 10.6. The van der Waals surface area contributed by atoms with Gasteiger partial charge in [0.1, 0.15) is 24.1 Å². The van der Waals surface area contributed by atoms with Crippen LogP contribution in [0.25, 0.3) is 0 Å². The van der Waals surface area contributed by atoms with Gasteiger partial charge in [-0.25, -0.2) is 8.42 Å². The molecule has 0 unspecified atom stereocenters. The summed E-state index contributed by atoms with van der Waals surface area (Å²) in [5.41, 5.74) is 2.93. The molecule has 0 aliphatic rings. The summed E-state index contributed by atoms with van der Waals surface area (Å²) >= 11 is 0. The van der Waals surface area contributed by atoms with Gasteiger partial charge in [0.2, 0.25) is 21.8 Å². The number of hydrogen-bond donors (Lipinski definition) is 1. The highest BCUT2D eigenvalue weighted by atomic mass is 32.2. The number of likely N-dealkylation sites (N-methyl/N-ethyl adjacent to an activating group) is 1. The second kappa shape index (κ2) is 13.8. The van der Waals surface area contributed by atoms with Gasteiger partial charge in [-0.15, -0.1) is 0 Å². The van der Waals surface area contributed by atoms with Crippen molar-refractivity contribution in [1.29, 1.82) is 0 Å². The number of sulfonamides is 1. The second-order valence-electron chi connectivity index (χ2n) is 9.41. The molecule has 0 heterocycles. The average Bonchev–Trinajstić information content (AvgIpc) is 2.94. The molecule has 1 N–H and O–H groups in total. The number of benzene rings is 3. The summed E-state index contributed by atoms with van der Waals surface area (Å²) in [4.78, 5) is 28.9. The predicted octanol–water partition coefficient (Wildman–Crippen LogP) is 3.55. The lowest BCUT2D eigenvalue weighted by molar-refractivity contribution is -0.140. The monoisotopic (exact) mass is 567 g/mol. The zero-order chi connectivity index (χ0) is 29.3. The van der Waals surface area contributed by atoms with Crippen LogP contribution in [-0.4, -0.2) is 64.7 Å². The molecule has 214 valence electrons. The average molecular weight is 568 g/mol. The van der Waals surface area contributed by atoms with E-state index < -0.39 is 28.5 Å². The number of aryl methyl sites for hydroxylation is 1. The second-order valence-corrected chi connectivity index (χ2v) is 11.3. The fourth-order valence-electron chi connectivity index (χ4n) is 4.32. The fraction of sp³-hybridized carbons (Fsp3) is 0.333. The highest BCUT2D eigenvalue weighted by molar-refractivity contribution is 7.92. The van der Waals surface area contributed by atoms with E-state index in [1.807, 2.05) is 68.4 Å². The third kappa shape index (κ3) is 7.98. The highest BCUT2D eigenvalue weighted by Gasteiger charge is 2.33. The minimum atomic E-state index is -3.93. The summed E-state index contributed by atoms with van der Waals surface area (Å²) in [7, 11) is -1.03. The summed E-state index contributed by atoms with van der Waals surface area (Å²) in [6.45, 7) is 3.75. The van der Waals surface area contributed by atoms with Gasteiger partial charge in [-0.3, -0.25) is 13.9 Å². The largest absolute Gasteiger partial charge is 0.497 e. The lowest BCUT2D eigenvalue weighted by Crippen LogP contribution is -2.53. The number of nitrogens with one attached hydrogen (secondary N) is 1. The first-order chi connectivity index (χ1) is 19.1. The number of hydrogen-bond acceptors (Lipinski definition) is 6. The first kappa shape index (κ1) is 30.5. The summed E-state index contributed by atoms with van der Waals surface area (Å²) < 4.78 is 37.7. The van der Waals surface area contributed by atoms with E-state index in [-0.39, 0.29) is 30.3 Å². The lowest BCUT2D eigenvalue weighted by atomic mass is 10.0. The normalized spacial score (nSPS) is 11.8. The Morgan fingerprint density at radius 2 is 1.60 bits per heavy atom. The Morgan fingerprint density at radius 3 is 2.17 bits per heavy atom. The Hall–Kier alpha value is -4.05. The number of carbonyl (C=O) groups is 2. The maximum Gasteiger partial charge on any atom is 0.244 e. The van der Waals surface area contributed by atoms with Gasteiger partial charge in [-0.1, -0.05) is 60.2 Å². The molecule has 3 aromatic carbocycles. The quantitative estimate of drug-likeness (QED) is 0.339. The molecule has 0 bridgehead atoms. The molecule has 0 aliphatic heterocycles. The Labute approximate surface area is 236 Å². The van der Waals surface area contributed by atoms with Crippen LogP contribution in [0, 0.1) is 6.92 Å². The van der Waals surface area contributed by atoms with E-state index >= 15 is 0 Å². The van der Waals surface area contributed by atoms with Crippen LogP contribution in [-0.2, 0) is 32.6 Å². The van der Waals surface area contributed by atoms with Crippen molar-refractivity contribution in [3.05, 3.63) is 89.5 Å². The predicted molar refractivity (Wildman–Crippen MR) is 156 cm³/mol. The topological polar surface area (TPSA) is 105 Å². The number of carbonyl (C=O) groups excluding carboxylic acids is 2. The smallest absolute Gasteiger partial charge is 0.244 e. The van der Waals surface area contributed by atoms with Crippen molar-refractivity contribution in [1.82, 2.24) is 10.2 Å². The van der Waals surface area contributed by atoms with E-state index in [1.165, 1.54) is 25.2 Å². The van der Waals surface area contributed by atoms with E-state index in [9.17, 15) is 18.0 Å². The van der Waals surface area contributed by atoms with Crippen molar-refractivity contribution in [2.24, 2.45) is 0 Å². The molecule has 1 atom stereocenters. The molecule has 0 saturated carbocycles.